The highest BCUT2D eigenvalue weighted by atomic mass is 19.1. The van der Waals surface area contributed by atoms with Crippen LogP contribution in [0, 0.1) is 11.6 Å². The third-order valence-corrected chi connectivity index (χ3v) is 4.96. The van der Waals surface area contributed by atoms with Gasteiger partial charge in [0.25, 0.3) is 5.91 Å². The molecule has 1 aliphatic heterocycles. The van der Waals surface area contributed by atoms with Crippen molar-refractivity contribution in [1.82, 2.24) is 25.1 Å². The van der Waals surface area contributed by atoms with Crippen LogP contribution < -0.4 is 16.4 Å². The maximum Gasteiger partial charge on any atom is 0.319 e. The summed E-state index contributed by atoms with van der Waals surface area (Å²) in [5.41, 5.74) is 4.89. The molecule has 1 saturated heterocycles. The number of hydrogen-bond donors (Lipinski definition) is 3. The fraction of sp³-hybridized carbons (Fsp3) is 0.300. The summed E-state index contributed by atoms with van der Waals surface area (Å²) in [6, 6.07) is -0.302. The Labute approximate surface area is 187 Å². The topological polar surface area (TPSA) is 151 Å². The molecule has 1 aromatic heterocycles. The van der Waals surface area contributed by atoms with Crippen molar-refractivity contribution >= 4 is 29.4 Å². The predicted molar refractivity (Wildman–Crippen MR) is 111 cm³/mol. The van der Waals surface area contributed by atoms with Crippen molar-refractivity contribution in [2.75, 3.05) is 25.5 Å². The number of nitrogens with zero attached hydrogens (tertiary/aromatic N) is 4. The van der Waals surface area contributed by atoms with E-state index in [4.69, 9.17) is 5.73 Å². The first kappa shape index (κ1) is 23.5. The third kappa shape index (κ3) is 5.56. The van der Waals surface area contributed by atoms with Gasteiger partial charge < -0.3 is 26.2 Å². The number of primary amides is 1. The third-order valence-electron chi connectivity index (χ3n) is 4.96. The number of carbonyl (C=O) groups is 4. The standard InChI is InChI=1S/C20H21F2N7O4/c1-28(10-16(23)30)19(32)17-14(4-7-29(17)18(31)15-9-24-5-6-25-15)27-20(33)26-13-3-2-11(21)8-12(13)22/h2-3,5-6,8-9,14,17H,4,7,10H2,1H3,(H2,23,30)(H2,26,27,33)/t14-,17-/m0/s1. The molecule has 1 aromatic carbocycles. The zero-order valence-electron chi connectivity index (χ0n) is 17.5. The van der Waals surface area contributed by atoms with Crippen molar-refractivity contribution in [1.29, 1.82) is 0 Å². The second-order valence-corrected chi connectivity index (χ2v) is 7.31. The molecule has 2 heterocycles. The fourth-order valence-electron chi connectivity index (χ4n) is 3.49. The van der Waals surface area contributed by atoms with Gasteiger partial charge in [-0.3, -0.25) is 19.4 Å². The lowest BCUT2D eigenvalue weighted by Crippen LogP contribution is -2.56. The molecule has 0 aliphatic carbocycles. The molecule has 33 heavy (non-hydrogen) atoms. The van der Waals surface area contributed by atoms with Crippen LogP contribution in [0.3, 0.4) is 0 Å². The summed E-state index contributed by atoms with van der Waals surface area (Å²) < 4.78 is 26.9. The number of rotatable bonds is 6. The number of urea groups is 1. The van der Waals surface area contributed by atoms with E-state index < -0.39 is 54.0 Å². The second kappa shape index (κ2) is 9.97. The summed E-state index contributed by atoms with van der Waals surface area (Å²) in [6.07, 6.45) is 4.13. The van der Waals surface area contributed by atoms with E-state index >= 15 is 0 Å². The molecule has 0 spiro atoms. The van der Waals surface area contributed by atoms with Crippen LogP contribution in [-0.4, -0.2) is 75.7 Å². The number of anilines is 1. The van der Waals surface area contributed by atoms with E-state index in [2.05, 4.69) is 20.6 Å². The van der Waals surface area contributed by atoms with Crippen LogP contribution in [0.5, 0.6) is 0 Å². The molecule has 5 amide bonds. The SMILES string of the molecule is CN(CC(N)=O)C(=O)[C@@H]1[C@@H](NC(=O)Nc2ccc(F)cc2F)CCN1C(=O)c1cnccn1. The first-order valence-electron chi connectivity index (χ1n) is 9.80. The highest BCUT2D eigenvalue weighted by Gasteiger charge is 2.44. The van der Waals surface area contributed by atoms with Gasteiger partial charge in [-0.15, -0.1) is 0 Å². The van der Waals surface area contributed by atoms with E-state index in [1.807, 2.05) is 0 Å². The maximum atomic E-state index is 13.9. The number of likely N-dealkylation sites (N-methyl/N-ethyl adjacent to an activating group) is 1. The Morgan fingerprint density at radius 2 is 2.00 bits per heavy atom. The molecule has 3 rings (SSSR count). The Morgan fingerprint density at radius 3 is 2.64 bits per heavy atom. The number of halogens is 2. The Bertz CT molecular complexity index is 1070. The van der Waals surface area contributed by atoms with Crippen molar-refractivity contribution in [3.8, 4) is 0 Å². The summed E-state index contributed by atoms with van der Waals surface area (Å²) in [7, 11) is 1.33. The number of aromatic nitrogens is 2. The van der Waals surface area contributed by atoms with Gasteiger partial charge in [0.1, 0.15) is 23.4 Å². The summed E-state index contributed by atoms with van der Waals surface area (Å²) in [6.45, 7) is -0.311. The molecule has 0 radical (unpaired) electrons. The second-order valence-electron chi connectivity index (χ2n) is 7.31. The van der Waals surface area contributed by atoms with Gasteiger partial charge in [0.15, 0.2) is 0 Å². The zero-order valence-corrected chi connectivity index (χ0v) is 17.5. The molecule has 1 fully saturated rings. The van der Waals surface area contributed by atoms with Crippen LogP contribution in [0.1, 0.15) is 16.9 Å². The Morgan fingerprint density at radius 1 is 1.24 bits per heavy atom. The van der Waals surface area contributed by atoms with Crippen molar-refractivity contribution in [3.63, 3.8) is 0 Å². The molecular weight excluding hydrogens is 440 g/mol. The molecule has 0 saturated carbocycles. The minimum absolute atomic E-state index is 0.00802. The van der Waals surface area contributed by atoms with E-state index in [1.54, 1.807) is 0 Å². The number of amides is 5. The van der Waals surface area contributed by atoms with Gasteiger partial charge >= 0.3 is 6.03 Å². The van der Waals surface area contributed by atoms with E-state index in [1.165, 1.54) is 30.5 Å². The van der Waals surface area contributed by atoms with Crippen LogP contribution in [0.2, 0.25) is 0 Å². The molecule has 1 aliphatic rings. The van der Waals surface area contributed by atoms with Gasteiger partial charge in [-0.2, -0.15) is 0 Å². The van der Waals surface area contributed by atoms with Crippen molar-refractivity contribution in [2.45, 2.75) is 18.5 Å². The minimum atomic E-state index is -1.19. The Hall–Kier alpha value is -4.16. The van der Waals surface area contributed by atoms with Gasteiger partial charge in [-0.05, 0) is 18.6 Å². The number of nitrogens with two attached hydrogens (primary N) is 1. The van der Waals surface area contributed by atoms with Gasteiger partial charge in [-0.25, -0.2) is 18.6 Å². The molecule has 11 nitrogen and oxygen atoms in total. The minimum Gasteiger partial charge on any atom is -0.368 e. The molecule has 2 aromatic rings. The van der Waals surface area contributed by atoms with E-state index in [9.17, 15) is 28.0 Å². The van der Waals surface area contributed by atoms with Crippen molar-refractivity contribution < 1.29 is 28.0 Å². The smallest absolute Gasteiger partial charge is 0.319 e. The Balaban J connectivity index is 1.81. The largest absolute Gasteiger partial charge is 0.368 e. The molecule has 0 unspecified atom stereocenters. The quantitative estimate of drug-likeness (QED) is 0.555. The van der Waals surface area contributed by atoms with E-state index in [-0.39, 0.29) is 24.3 Å². The number of nitrogens with one attached hydrogen (secondary N) is 2. The number of carbonyl (C=O) groups excluding carboxylic acids is 4. The molecule has 13 heteroatoms. The Kier molecular flexibility index (Phi) is 7.10. The average molecular weight is 461 g/mol. The summed E-state index contributed by atoms with van der Waals surface area (Å²) in [5, 5.41) is 4.79. The van der Waals surface area contributed by atoms with E-state index in [0.29, 0.717) is 6.07 Å². The van der Waals surface area contributed by atoms with Crippen LogP contribution in [-0.2, 0) is 9.59 Å². The predicted octanol–water partition coefficient (Wildman–Crippen LogP) is 0.103. The van der Waals surface area contributed by atoms with Gasteiger partial charge in [0, 0.05) is 32.1 Å². The normalized spacial score (nSPS) is 17.4. The first-order chi connectivity index (χ1) is 15.7. The van der Waals surface area contributed by atoms with Gasteiger partial charge in [-0.1, -0.05) is 0 Å². The number of hydrogen-bond acceptors (Lipinski definition) is 6. The van der Waals surface area contributed by atoms with Crippen LogP contribution in [0.4, 0.5) is 19.3 Å². The molecule has 4 N–H and O–H groups in total. The van der Waals surface area contributed by atoms with Crippen LogP contribution >= 0.6 is 0 Å². The highest BCUT2D eigenvalue weighted by Crippen LogP contribution is 2.23. The maximum absolute atomic E-state index is 13.9. The van der Waals surface area contributed by atoms with Crippen LogP contribution in [0.15, 0.2) is 36.8 Å². The lowest BCUT2D eigenvalue weighted by atomic mass is 10.1. The number of benzene rings is 1. The monoisotopic (exact) mass is 461 g/mol. The summed E-state index contributed by atoms with van der Waals surface area (Å²) in [5.74, 6) is -3.78. The van der Waals surface area contributed by atoms with Crippen molar-refractivity contribution in [2.24, 2.45) is 5.73 Å². The van der Waals surface area contributed by atoms with E-state index in [0.717, 1.165) is 17.0 Å². The highest BCUT2D eigenvalue weighted by molar-refractivity contribution is 5.98. The van der Waals surface area contributed by atoms with Gasteiger partial charge in [0.05, 0.1) is 24.5 Å². The summed E-state index contributed by atoms with van der Waals surface area (Å²) >= 11 is 0. The van der Waals surface area contributed by atoms with Gasteiger partial charge in [0.2, 0.25) is 11.8 Å². The molecule has 174 valence electrons. The van der Waals surface area contributed by atoms with Crippen LogP contribution in [0.25, 0.3) is 0 Å². The number of likely N-dealkylation sites (tertiary alicyclic amines) is 1. The lowest BCUT2D eigenvalue weighted by molar-refractivity contribution is -0.137. The molecule has 2 atom stereocenters. The summed E-state index contributed by atoms with van der Waals surface area (Å²) in [4.78, 5) is 59.8. The molecule has 0 bridgehead atoms. The molecular formula is C20H21F2N7O4. The van der Waals surface area contributed by atoms with Crippen molar-refractivity contribution in [3.05, 3.63) is 54.1 Å². The lowest BCUT2D eigenvalue weighted by Gasteiger charge is -2.30. The average Bonchev–Trinajstić information content (AvgIpc) is 3.18. The zero-order chi connectivity index (χ0) is 24.1. The first-order valence-corrected chi connectivity index (χ1v) is 9.80. The fourth-order valence-corrected chi connectivity index (χ4v) is 3.49.